The van der Waals surface area contributed by atoms with E-state index in [4.69, 9.17) is 5.73 Å². The maximum atomic E-state index is 12.2. The monoisotopic (exact) mass is 341 g/mol. The van der Waals surface area contributed by atoms with Crippen LogP contribution in [0.1, 0.15) is 18.5 Å². The first-order valence-electron chi connectivity index (χ1n) is 8.49. The van der Waals surface area contributed by atoms with Gasteiger partial charge in [-0.2, -0.15) is 0 Å². The minimum atomic E-state index is -0.291. The number of aryl methyl sites for hydroxylation is 1. The van der Waals surface area contributed by atoms with Crippen LogP contribution in [0.5, 0.6) is 0 Å². The van der Waals surface area contributed by atoms with Crippen molar-refractivity contribution in [2.45, 2.75) is 25.8 Å². The van der Waals surface area contributed by atoms with E-state index in [2.05, 4.69) is 15.6 Å². The van der Waals surface area contributed by atoms with Crippen molar-refractivity contribution in [2.75, 3.05) is 25.0 Å². The number of hydrogen-bond donors (Lipinski definition) is 3. The highest BCUT2D eigenvalue weighted by molar-refractivity contribution is 6.00. The zero-order valence-corrected chi connectivity index (χ0v) is 14.3. The number of primary amides is 1. The molecule has 132 valence electrons. The van der Waals surface area contributed by atoms with Gasteiger partial charge in [0, 0.05) is 24.2 Å². The molecular formula is C18H23N5O2. The molecule has 0 bridgehead atoms. The molecule has 1 aromatic heterocycles. The highest BCUT2D eigenvalue weighted by atomic mass is 16.2. The Bertz CT molecular complexity index is 792. The molecule has 1 atom stereocenters. The second kappa shape index (κ2) is 7.48. The van der Waals surface area contributed by atoms with Gasteiger partial charge < -0.3 is 16.4 Å². The van der Waals surface area contributed by atoms with E-state index in [1.165, 1.54) is 0 Å². The number of hydrogen-bond acceptors (Lipinski definition) is 4. The molecule has 0 aliphatic carbocycles. The van der Waals surface area contributed by atoms with Crippen molar-refractivity contribution in [3.8, 4) is 0 Å². The van der Waals surface area contributed by atoms with Gasteiger partial charge >= 0.3 is 6.03 Å². The van der Waals surface area contributed by atoms with Crippen LogP contribution in [0.25, 0.3) is 10.9 Å². The van der Waals surface area contributed by atoms with Crippen LogP contribution in [0, 0.1) is 6.92 Å². The van der Waals surface area contributed by atoms with Crippen molar-refractivity contribution in [3.63, 3.8) is 0 Å². The molecule has 7 heteroatoms. The zero-order valence-electron chi connectivity index (χ0n) is 14.3. The number of carbonyl (C=O) groups excluding carboxylic acids is 2. The van der Waals surface area contributed by atoms with Gasteiger partial charge in [-0.05, 0) is 38.4 Å². The van der Waals surface area contributed by atoms with Gasteiger partial charge in [0.2, 0.25) is 5.91 Å². The number of anilines is 1. The largest absolute Gasteiger partial charge is 0.368 e. The van der Waals surface area contributed by atoms with Crippen molar-refractivity contribution in [3.05, 3.63) is 36.0 Å². The van der Waals surface area contributed by atoms with E-state index in [0.717, 1.165) is 41.7 Å². The Morgan fingerprint density at radius 3 is 2.96 bits per heavy atom. The van der Waals surface area contributed by atoms with Crippen LogP contribution >= 0.6 is 0 Å². The van der Waals surface area contributed by atoms with E-state index < -0.39 is 0 Å². The number of para-hydroxylation sites is 1. The summed E-state index contributed by atoms with van der Waals surface area (Å²) in [7, 11) is 0. The third-order valence-electron chi connectivity index (χ3n) is 4.47. The minimum absolute atomic E-state index is 0.211. The predicted octanol–water partition coefficient (Wildman–Crippen LogP) is 1.61. The first-order chi connectivity index (χ1) is 12.0. The molecular weight excluding hydrogens is 318 g/mol. The predicted molar refractivity (Wildman–Crippen MR) is 97.3 cm³/mol. The average Bonchev–Trinajstić information content (AvgIpc) is 3.03. The fourth-order valence-electron chi connectivity index (χ4n) is 3.31. The molecule has 1 unspecified atom stereocenters. The number of nitrogens with two attached hydrogens (primary N) is 1. The molecule has 1 aliphatic rings. The summed E-state index contributed by atoms with van der Waals surface area (Å²) in [5, 5.41) is 6.62. The standard InChI is InChI=1S/C18H23N5O2/c1-12-11-15(13-5-2-3-6-14(13)21-12)22-18(25)20-8-10-23-9-4-7-16(23)17(19)24/h2-3,5-6,11,16H,4,7-10H2,1H3,(H2,19,24)(H2,20,21,22,25). The van der Waals surface area contributed by atoms with E-state index in [-0.39, 0.29) is 18.0 Å². The number of pyridine rings is 1. The van der Waals surface area contributed by atoms with Crippen LogP contribution in [-0.4, -0.2) is 47.5 Å². The smallest absolute Gasteiger partial charge is 0.319 e. The molecule has 2 aromatic rings. The SMILES string of the molecule is Cc1cc(NC(=O)NCCN2CCCC2C(N)=O)c2ccccc2n1. The van der Waals surface area contributed by atoms with Crippen molar-refractivity contribution in [1.29, 1.82) is 0 Å². The summed E-state index contributed by atoms with van der Waals surface area (Å²) in [6.07, 6.45) is 1.76. The lowest BCUT2D eigenvalue weighted by molar-refractivity contribution is -0.122. The van der Waals surface area contributed by atoms with Crippen LogP contribution in [0.4, 0.5) is 10.5 Å². The molecule has 0 spiro atoms. The van der Waals surface area contributed by atoms with E-state index >= 15 is 0 Å². The van der Waals surface area contributed by atoms with Gasteiger partial charge in [0.25, 0.3) is 0 Å². The molecule has 1 aliphatic heterocycles. The summed E-state index contributed by atoms with van der Waals surface area (Å²) in [6.45, 7) is 3.80. The van der Waals surface area contributed by atoms with Gasteiger partial charge in [-0.3, -0.25) is 14.7 Å². The van der Waals surface area contributed by atoms with Crippen molar-refractivity contribution >= 4 is 28.5 Å². The fourth-order valence-corrected chi connectivity index (χ4v) is 3.31. The molecule has 4 N–H and O–H groups in total. The molecule has 25 heavy (non-hydrogen) atoms. The Morgan fingerprint density at radius 2 is 2.16 bits per heavy atom. The maximum Gasteiger partial charge on any atom is 0.319 e. The number of likely N-dealkylation sites (tertiary alicyclic amines) is 1. The van der Waals surface area contributed by atoms with E-state index in [0.29, 0.717) is 13.1 Å². The highest BCUT2D eigenvalue weighted by Crippen LogP contribution is 2.22. The third kappa shape index (κ3) is 4.06. The number of urea groups is 1. The van der Waals surface area contributed by atoms with E-state index in [1.54, 1.807) is 0 Å². The van der Waals surface area contributed by atoms with Crippen LogP contribution in [0.15, 0.2) is 30.3 Å². The summed E-state index contributed by atoms with van der Waals surface area (Å²) in [5.74, 6) is -0.291. The molecule has 3 amide bonds. The first-order valence-corrected chi connectivity index (χ1v) is 8.49. The lowest BCUT2D eigenvalue weighted by Gasteiger charge is -2.21. The second-order valence-corrected chi connectivity index (χ2v) is 6.31. The van der Waals surface area contributed by atoms with Gasteiger partial charge in [-0.15, -0.1) is 0 Å². The van der Waals surface area contributed by atoms with Gasteiger partial charge in [0.15, 0.2) is 0 Å². The highest BCUT2D eigenvalue weighted by Gasteiger charge is 2.28. The quantitative estimate of drug-likeness (QED) is 0.769. The Kier molecular flexibility index (Phi) is 5.14. The summed E-state index contributed by atoms with van der Waals surface area (Å²) < 4.78 is 0. The number of amides is 3. The molecule has 1 aromatic carbocycles. The van der Waals surface area contributed by atoms with Crippen molar-refractivity contribution in [2.24, 2.45) is 5.73 Å². The van der Waals surface area contributed by atoms with E-state index in [1.807, 2.05) is 42.2 Å². The fraction of sp³-hybridized carbons (Fsp3) is 0.389. The molecule has 3 rings (SSSR count). The number of nitrogens with one attached hydrogen (secondary N) is 2. The number of aromatic nitrogens is 1. The molecule has 7 nitrogen and oxygen atoms in total. The number of carbonyl (C=O) groups is 2. The van der Waals surface area contributed by atoms with Gasteiger partial charge in [0.05, 0.1) is 17.2 Å². The van der Waals surface area contributed by atoms with Gasteiger partial charge in [-0.1, -0.05) is 18.2 Å². The van der Waals surface area contributed by atoms with Crippen LogP contribution in [0.3, 0.4) is 0 Å². The number of fused-ring (bicyclic) bond motifs is 1. The molecule has 0 saturated carbocycles. The van der Waals surface area contributed by atoms with Crippen LogP contribution < -0.4 is 16.4 Å². The zero-order chi connectivity index (χ0) is 17.8. The Hall–Kier alpha value is -2.67. The number of nitrogens with zero attached hydrogens (tertiary/aromatic N) is 2. The minimum Gasteiger partial charge on any atom is -0.368 e. The van der Waals surface area contributed by atoms with Crippen molar-refractivity contribution < 1.29 is 9.59 Å². The summed E-state index contributed by atoms with van der Waals surface area (Å²) in [6, 6.07) is 9.05. The molecule has 0 radical (unpaired) electrons. The molecule has 1 fully saturated rings. The molecule has 2 heterocycles. The maximum absolute atomic E-state index is 12.2. The Balaban J connectivity index is 1.57. The topological polar surface area (TPSA) is 100 Å². The van der Waals surface area contributed by atoms with Gasteiger partial charge in [0.1, 0.15) is 0 Å². The second-order valence-electron chi connectivity index (χ2n) is 6.31. The van der Waals surface area contributed by atoms with Gasteiger partial charge in [-0.25, -0.2) is 4.79 Å². The first kappa shape index (κ1) is 17.2. The number of rotatable bonds is 5. The average molecular weight is 341 g/mol. The lowest BCUT2D eigenvalue weighted by atomic mass is 10.1. The van der Waals surface area contributed by atoms with E-state index in [9.17, 15) is 9.59 Å². The lowest BCUT2D eigenvalue weighted by Crippen LogP contribution is -2.44. The Labute approximate surface area is 146 Å². The third-order valence-corrected chi connectivity index (χ3v) is 4.47. The summed E-state index contributed by atoms with van der Waals surface area (Å²) in [4.78, 5) is 30.1. The summed E-state index contributed by atoms with van der Waals surface area (Å²) in [5.41, 5.74) is 7.83. The van der Waals surface area contributed by atoms with Crippen LogP contribution in [-0.2, 0) is 4.79 Å². The molecule has 1 saturated heterocycles. The van der Waals surface area contributed by atoms with Crippen molar-refractivity contribution in [1.82, 2.24) is 15.2 Å². The van der Waals surface area contributed by atoms with Crippen LogP contribution in [0.2, 0.25) is 0 Å². The summed E-state index contributed by atoms with van der Waals surface area (Å²) >= 11 is 0. The Morgan fingerprint density at radius 1 is 1.36 bits per heavy atom. The normalized spacial score (nSPS) is 17.6. The number of benzene rings is 1.